The van der Waals surface area contributed by atoms with E-state index in [1.54, 1.807) is 13.8 Å². The topological polar surface area (TPSA) is 93.2 Å². The lowest BCUT2D eigenvalue weighted by atomic mass is 10.2. The number of aromatic nitrogens is 2. The zero-order chi connectivity index (χ0) is 15.0. The fourth-order valence-electron chi connectivity index (χ4n) is 1.45. The van der Waals surface area contributed by atoms with Gasteiger partial charge >= 0.3 is 5.97 Å². The Morgan fingerprint density at radius 2 is 2.10 bits per heavy atom. The van der Waals surface area contributed by atoms with Gasteiger partial charge in [0, 0.05) is 12.7 Å². The zero-order valence-electron chi connectivity index (χ0n) is 12.0. The van der Waals surface area contributed by atoms with E-state index in [1.807, 2.05) is 6.92 Å². The molecule has 110 valence electrons. The molecule has 1 amide bonds. The first-order chi connectivity index (χ1) is 9.58. The van der Waals surface area contributed by atoms with E-state index in [4.69, 9.17) is 4.74 Å². The Morgan fingerprint density at radius 1 is 1.35 bits per heavy atom. The van der Waals surface area contributed by atoms with E-state index in [9.17, 15) is 9.59 Å². The van der Waals surface area contributed by atoms with Crippen LogP contribution in [0.3, 0.4) is 0 Å². The highest BCUT2D eigenvalue weighted by molar-refractivity contribution is 5.90. The fourth-order valence-corrected chi connectivity index (χ4v) is 1.45. The van der Waals surface area contributed by atoms with E-state index in [0.29, 0.717) is 30.4 Å². The van der Waals surface area contributed by atoms with Crippen molar-refractivity contribution in [2.45, 2.75) is 27.2 Å². The summed E-state index contributed by atoms with van der Waals surface area (Å²) >= 11 is 0. The second-order valence-electron chi connectivity index (χ2n) is 4.12. The lowest BCUT2D eigenvalue weighted by Crippen LogP contribution is -2.30. The van der Waals surface area contributed by atoms with Gasteiger partial charge in [0.15, 0.2) is 0 Å². The Labute approximate surface area is 118 Å². The minimum Gasteiger partial charge on any atom is -0.462 e. The summed E-state index contributed by atoms with van der Waals surface area (Å²) in [5.74, 6) is -0.262. The molecule has 7 heteroatoms. The SMILES string of the molecule is CCCNC(=O)CNc1ncc(C(=O)OCC)c(C)n1. The molecular formula is C13H20N4O3. The molecule has 20 heavy (non-hydrogen) atoms. The van der Waals surface area contributed by atoms with Gasteiger partial charge in [-0.05, 0) is 20.3 Å². The molecule has 0 aliphatic rings. The summed E-state index contributed by atoms with van der Waals surface area (Å²) in [6.07, 6.45) is 2.28. The van der Waals surface area contributed by atoms with Gasteiger partial charge in [0.1, 0.15) is 0 Å². The van der Waals surface area contributed by atoms with Crippen LogP contribution in [0.1, 0.15) is 36.3 Å². The van der Waals surface area contributed by atoms with Crippen molar-refractivity contribution in [3.8, 4) is 0 Å². The number of nitrogens with zero attached hydrogens (tertiary/aromatic N) is 2. The van der Waals surface area contributed by atoms with E-state index in [0.717, 1.165) is 6.42 Å². The van der Waals surface area contributed by atoms with Crippen LogP contribution in [0.15, 0.2) is 6.20 Å². The molecule has 0 saturated carbocycles. The van der Waals surface area contributed by atoms with Gasteiger partial charge in [0.05, 0.1) is 24.4 Å². The summed E-state index contributed by atoms with van der Waals surface area (Å²) < 4.78 is 4.89. The summed E-state index contributed by atoms with van der Waals surface area (Å²) in [6.45, 7) is 6.44. The number of aryl methyl sites for hydroxylation is 1. The standard InChI is InChI=1S/C13H20N4O3/c1-4-6-14-11(18)8-16-13-15-7-10(9(3)17-13)12(19)20-5-2/h7H,4-6,8H2,1-3H3,(H,14,18)(H,15,16,17). The Bertz CT molecular complexity index is 477. The predicted octanol–water partition coefficient (Wildman–Crippen LogP) is 0.900. The molecule has 0 aromatic carbocycles. The molecule has 0 bridgehead atoms. The van der Waals surface area contributed by atoms with Gasteiger partial charge in [-0.25, -0.2) is 14.8 Å². The lowest BCUT2D eigenvalue weighted by molar-refractivity contribution is -0.119. The fraction of sp³-hybridized carbons (Fsp3) is 0.538. The normalized spacial score (nSPS) is 9.95. The second-order valence-corrected chi connectivity index (χ2v) is 4.12. The molecule has 1 aromatic heterocycles. The van der Waals surface area contributed by atoms with E-state index in [-0.39, 0.29) is 12.5 Å². The number of esters is 1. The average molecular weight is 280 g/mol. The number of carbonyl (C=O) groups is 2. The van der Waals surface area contributed by atoms with E-state index in [1.165, 1.54) is 6.20 Å². The molecule has 1 aromatic rings. The van der Waals surface area contributed by atoms with Gasteiger partial charge in [0.2, 0.25) is 11.9 Å². The number of hydrogen-bond donors (Lipinski definition) is 2. The smallest absolute Gasteiger partial charge is 0.341 e. The number of carbonyl (C=O) groups excluding carboxylic acids is 2. The molecule has 0 fully saturated rings. The maximum absolute atomic E-state index is 11.6. The van der Waals surface area contributed by atoms with Crippen molar-refractivity contribution in [1.82, 2.24) is 15.3 Å². The summed E-state index contributed by atoms with van der Waals surface area (Å²) in [5, 5.41) is 5.54. The molecule has 0 aliphatic carbocycles. The number of anilines is 1. The molecule has 2 N–H and O–H groups in total. The van der Waals surface area contributed by atoms with Crippen LogP contribution in [0.5, 0.6) is 0 Å². The Balaban J connectivity index is 2.59. The Hall–Kier alpha value is -2.18. The van der Waals surface area contributed by atoms with Crippen LogP contribution in [0, 0.1) is 6.92 Å². The average Bonchev–Trinajstić information content (AvgIpc) is 2.43. The van der Waals surface area contributed by atoms with Gasteiger partial charge in [-0.2, -0.15) is 0 Å². The minimum absolute atomic E-state index is 0.0954. The van der Waals surface area contributed by atoms with Crippen LogP contribution in [-0.4, -0.2) is 41.5 Å². The first kappa shape index (κ1) is 15.9. The predicted molar refractivity (Wildman–Crippen MR) is 74.5 cm³/mol. The zero-order valence-corrected chi connectivity index (χ0v) is 12.0. The van der Waals surface area contributed by atoms with E-state index in [2.05, 4.69) is 20.6 Å². The van der Waals surface area contributed by atoms with Crippen LogP contribution in [-0.2, 0) is 9.53 Å². The molecule has 0 aliphatic heterocycles. The maximum Gasteiger partial charge on any atom is 0.341 e. The van der Waals surface area contributed by atoms with Crippen molar-refractivity contribution in [3.05, 3.63) is 17.5 Å². The molecule has 0 saturated heterocycles. The number of amides is 1. The Morgan fingerprint density at radius 3 is 2.70 bits per heavy atom. The largest absolute Gasteiger partial charge is 0.462 e. The summed E-state index contributed by atoms with van der Waals surface area (Å²) in [4.78, 5) is 31.1. The second kappa shape index (κ2) is 8.08. The quantitative estimate of drug-likeness (QED) is 0.721. The summed E-state index contributed by atoms with van der Waals surface area (Å²) in [6, 6.07) is 0. The first-order valence-corrected chi connectivity index (χ1v) is 6.59. The number of hydrogen-bond acceptors (Lipinski definition) is 6. The van der Waals surface area contributed by atoms with Crippen molar-refractivity contribution in [3.63, 3.8) is 0 Å². The molecule has 0 radical (unpaired) electrons. The maximum atomic E-state index is 11.6. The molecule has 7 nitrogen and oxygen atoms in total. The van der Waals surface area contributed by atoms with Crippen molar-refractivity contribution in [1.29, 1.82) is 0 Å². The third kappa shape index (κ3) is 4.83. The van der Waals surface area contributed by atoms with Crippen molar-refractivity contribution >= 4 is 17.8 Å². The molecule has 1 rings (SSSR count). The molecule has 0 atom stereocenters. The van der Waals surface area contributed by atoms with Gasteiger partial charge in [-0.1, -0.05) is 6.92 Å². The highest BCUT2D eigenvalue weighted by atomic mass is 16.5. The summed E-state index contributed by atoms with van der Waals surface area (Å²) in [7, 11) is 0. The van der Waals surface area contributed by atoms with E-state index >= 15 is 0 Å². The van der Waals surface area contributed by atoms with Crippen LogP contribution in [0.2, 0.25) is 0 Å². The summed E-state index contributed by atoms with van der Waals surface area (Å²) in [5.41, 5.74) is 0.836. The minimum atomic E-state index is -0.447. The number of nitrogens with one attached hydrogen (secondary N) is 2. The molecule has 1 heterocycles. The van der Waals surface area contributed by atoms with Gasteiger partial charge in [-0.15, -0.1) is 0 Å². The van der Waals surface area contributed by atoms with Crippen molar-refractivity contribution < 1.29 is 14.3 Å². The monoisotopic (exact) mass is 280 g/mol. The molecular weight excluding hydrogens is 260 g/mol. The molecule has 0 spiro atoms. The number of ether oxygens (including phenoxy) is 1. The third-order valence-electron chi connectivity index (χ3n) is 2.45. The van der Waals surface area contributed by atoms with Crippen LogP contribution < -0.4 is 10.6 Å². The lowest BCUT2D eigenvalue weighted by Gasteiger charge is -2.08. The highest BCUT2D eigenvalue weighted by Gasteiger charge is 2.12. The first-order valence-electron chi connectivity index (χ1n) is 6.59. The third-order valence-corrected chi connectivity index (χ3v) is 2.45. The van der Waals surface area contributed by atoms with Gasteiger partial charge in [-0.3, -0.25) is 4.79 Å². The van der Waals surface area contributed by atoms with Crippen molar-refractivity contribution in [2.24, 2.45) is 0 Å². The van der Waals surface area contributed by atoms with Crippen LogP contribution >= 0.6 is 0 Å². The van der Waals surface area contributed by atoms with Crippen molar-refractivity contribution in [2.75, 3.05) is 25.0 Å². The number of rotatable bonds is 7. The van der Waals surface area contributed by atoms with Crippen LogP contribution in [0.25, 0.3) is 0 Å². The highest BCUT2D eigenvalue weighted by Crippen LogP contribution is 2.08. The van der Waals surface area contributed by atoms with Gasteiger partial charge < -0.3 is 15.4 Å². The van der Waals surface area contributed by atoms with Gasteiger partial charge in [0.25, 0.3) is 0 Å². The van der Waals surface area contributed by atoms with Crippen LogP contribution in [0.4, 0.5) is 5.95 Å². The molecule has 0 unspecified atom stereocenters. The van der Waals surface area contributed by atoms with E-state index < -0.39 is 5.97 Å². The Kier molecular flexibility index (Phi) is 6.42.